The highest BCUT2D eigenvalue weighted by Crippen LogP contribution is 2.22. The van der Waals surface area contributed by atoms with Gasteiger partial charge in [0, 0.05) is 24.4 Å². The lowest BCUT2D eigenvalue weighted by molar-refractivity contribution is 0.175. The third-order valence-corrected chi connectivity index (χ3v) is 1.76. The minimum absolute atomic E-state index is 0.0481. The van der Waals surface area contributed by atoms with Crippen LogP contribution >= 0.6 is 0 Å². The van der Waals surface area contributed by atoms with Crippen LogP contribution in [0.25, 0.3) is 0 Å². The first-order chi connectivity index (χ1) is 6.63. The van der Waals surface area contributed by atoms with Crippen LogP contribution < -0.4 is 5.32 Å². The number of benzene rings is 1. The second-order valence-electron chi connectivity index (χ2n) is 2.73. The summed E-state index contributed by atoms with van der Waals surface area (Å²) in [5.41, 5.74) is 1.27. The van der Waals surface area contributed by atoms with Crippen molar-refractivity contribution in [2.45, 2.75) is 6.61 Å². The van der Waals surface area contributed by atoms with Crippen LogP contribution in [0, 0.1) is 0 Å². The summed E-state index contributed by atoms with van der Waals surface area (Å²) in [6.07, 6.45) is 0. The van der Waals surface area contributed by atoms with Crippen molar-refractivity contribution in [2.75, 3.05) is 12.4 Å². The maximum Gasteiger partial charge on any atom is 0.634 e. The Hall–Kier alpha value is -1.24. The predicted octanol–water partition coefficient (Wildman–Crippen LogP) is -0.0800. The molecule has 0 aliphatic carbocycles. The zero-order valence-corrected chi connectivity index (χ0v) is 7.77. The van der Waals surface area contributed by atoms with E-state index in [0.29, 0.717) is 5.56 Å². The monoisotopic (exact) mass is 197 g/mol. The van der Waals surface area contributed by atoms with Crippen molar-refractivity contribution < 1.29 is 19.8 Å². The van der Waals surface area contributed by atoms with Gasteiger partial charge in [-0.25, -0.2) is 0 Å². The fraction of sp³-hybridized carbons (Fsp3) is 0.250. The van der Waals surface area contributed by atoms with Crippen LogP contribution in [-0.2, 0) is 11.3 Å². The zero-order valence-electron chi connectivity index (χ0n) is 7.77. The van der Waals surface area contributed by atoms with E-state index in [9.17, 15) is 5.11 Å². The molecule has 0 amide bonds. The number of nitrogens with one attached hydrogen (secondary N) is 1. The Morgan fingerprint density at radius 3 is 2.64 bits per heavy atom. The van der Waals surface area contributed by atoms with Crippen LogP contribution in [0.15, 0.2) is 18.2 Å². The van der Waals surface area contributed by atoms with E-state index in [-0.39, 0.29) is 12.4 Å². The van der Waals surface area contributed by atoms with Gasteiger partial charge in [0.2, 0.25) is 0 Å². The molecule has 0 aliphatic heterocycles. The molecule has 76 valence electrons. The summed E-state index contributed by atoms with van der Waals surface area (Å²) >= 11 is 0. The van der Waals surface area contributed by atoms with E-state index in [4.69, 9.17) is 10.0 Å². The molecule has 0 saturated heterocycles. The van der Waals surface area contributed by atoms with E-state index in [0.717, 1.165) is 5.69 Å². The quantitative estimate of drug-likeness (QED) is 0.507. The maximum atomic E-state index is 9.45. The molecule has 0 aliphatic rings. The Bertz CT molecular complexity index is 305. The number of phenolic OH excluding ortho intramolecular Hbond substituents is 1. The first-order valence-corrected chi connectivity index (χ1v) is 4.11. The summed E-state index contributed by atoms with van der Waals surface area (Å²) in [4.78, 5) is 0. The molecule has 1 rings (SSSR count). The maximum absolute atomic E-state index is 9.45. The smallest absolute Gasteiger partial charge is 0.508 e. The minimum atomic E-state index is -1.82. The second kappa shape index (κ2) is 4.85. The molecule has 6 heteroatoms. The number of hydrogen-bond acceptors (Lipinski definition) is 5. The lowest BCUT2D eigenvalue weighted by Crippen LogP contribution is -2.16. The van der Waals surface area contributed by atoms with Crippen LogP contribution in [0.2, 0.25) is 0 Å². The van der Waals surface area contributed by atoms with Gasteiger partial charge in [0.1, 0.15) is 5.75 Å². The fourth-order valence-electron chi connectivity index (χ4n) is 1.01. The van der Waals surface area contributed by atoms with Crippen molar-refractivity contribution in [1.82, 2.24) is 0 Å². The van der Waals surface area contributed by atoms with Gasteiger partial charge in [0.05, 0.1) is 6.61 Å². The third kappa shape index (κ3) is 2.92. The lowest BCUT2D eigenvalue weighted by Gasteiger charge is -2.07. The van der Waals surface area contributed by atoms with Crippen LogP contribution in [0.3, 0.4) is 0 Å². The fourth-order valence-corrected chi connectivity index (χ4v) is 1.01. The summed E-state index contributed by atoms with van der Waals surface area (Å²) in [5.74, 6) is 0.0532. The van der Waals surface area contributed by atoms with Gasteiger partial charge in [0.25, 0.3) is 0 Å². The lowest BCUT2D eigenvalue weighted by atomic mass is 10.1. The largest absolute Gasteiger partial charge is 0.634 e. The SMILES string of the molecule is CNc1ccc(COB(O)O)c(O)c1. The number of aromatic hydroxyl groups is 1. The molecule has 0 spiro atoms. The number of anilines is 1. The Balaban J connectivity index is 2.69. The minimum Gasteiger partial charge on any atom is -0.508 e. The third-order valence-electron chi connectivity index (χ3n) is 1.76. The average Bonchev–Trinajstić information content (AvgIpc) is 2.15. The molecular formula is C8H12BNO4. The van der Waals surface area contributed by atoms with Crippen molar-refractivity contribution in [2.24, 2.45) is 0 Å². The van der Waals surface area contributed by atoms with Crippen molar-refractivity contribution in [3.63, 3.8) is 0 Å². The Labute approximate surface area is 82.1 Å². The average molecular weight is 197 g/mol. The molecule has 0 aromatic heterocycles. The summed E-state index contributed by atoms with van der Waals surface area (Å²) in [6.45, 7) is -0.0481. The molecule has 0 atom stereocenters. The van der Waals surface area contributed by atoms with Crippen molar-refractivity contribution in [3.8, 4) is 5.75 Å². The first-order valence-electron chi connectivity index (χ1n) is 4.11. The molecule has 0 radical (unpaired) electrons. The molecule has 0 bridgehead atoms. The van der Waals surface area contributed by atoms with E-state index in [1.807, 2.05) is 0 Å². The number of phenols is 1. The van der Waals surface area contributed by atoms with E-state index in [1.165, 1.54) is 6.07 Å². The Morgan fingerprint density at radius 2 is 2.14 bits per heavy atom. The molecule has 1 aromatic carbocycles. The van der Waals surface area contributed by atoms with Gasteiger partial charge in [-0.2, -0.15) is 0 Å². The van der Waals surface area contributed by atoms with Crippen LogP contribution in [0.4, 0.5) is 5.69 Å². The van der Waals surface area contributed by atoms with E-state index >= 15 is 0 Å². The molecule has 1 aromatic rings. The van der Waals surface area contributed by atoms with Crippen LogP contribution in [0.1, 0.15) is 5.56 Å². The summed E-state index contributed by atoms with van der Waals surface area (Å²) in [6, 6.07) is 4.92. The van der Waals surface area contributed by atoms with Gasteiger partial charge < -0.3 is 25.1 Å². The van der Waals surface area contributed by atoms with E-state index in [2.05, 4.69) is 9.97 Å². The van der Waals surface area contributed by atoms with E-state index in [1.54, 1.807) is 19.2 Å². The van der Waals surface area contributed by atoms with Crippen molar-refractivity contribution in [3.05, 3.63) is 23.8 Å². The first kappa shape index (κ1) is 10.8. The molecule has 4 N–H and O–H groups in total. The van der Waals surface area contributed by atoms with Crippen LogP contribution in [-0.4, -0.2) is 29.5 Å². The Kier molecular flexibility index (Phi) is 3.76. The molecule has 5 nitrogen and oxygen atoms in total. The summed E-state index contributed by atoms with van der Waals surface area (Å²) < 4.78 is 4.51. The molecular weight excluding hydrogens is 185 g/mol. The van der Waals surface area contributed by atoms with Gasteiger partial charge in [-0.15, -0.1) is 0 Å². The molecule has 0 heterocycles. The Morgan fingerprint density at radius 1 is 1.43 bits per heavy atom. The van der Waals surface area contributed by atoms with Crippen molar-refractivity contribution >= 4 is 13.0 Å². The molecule has 0 fully saturated rings. The summed E-state index contributed by atoms with van der Waals surface area (Å²) in [5, 5.41) is 29.2. The summed E-state index contributed by atoms with van der Waals surface area (Å²) in [7, 11) is -0.0824. The standard InChI is InChI=1S/C8H12BNO4/c1-10-7-3-2-6(8(11)4-7)5-14-9(12)13/h2-4,10-13H,5H2,1H3. The van der Waals surface area contributed by atoms with E-state index < -0.39 is 7.32 Å². The molecule has 0 unspecified atom stereocenters. The highest BCUT2D eigenvalue weighted by atomic mass is 16.6. The van der Waals surface area contributed by atoms with Crippen LogP contribution in [0.5, 0.6) is 5.75 Å². The normalized spacial score (nSPS) is 9.93. The molecule has 0 saturated carbocycles. The van der Waals surface area contributed by atoms with Gasteiger partial charge in [-0.1, -0.05) is 6.07 Å². The zero-order chi connectivity index (χ0) is 10.6. The van der Waals surface area contributed by atoms with Gasteiger partial charge in [0.15, 0.2) is 0 Å². The molecule has 14 heavy (non-hydrogen) atoms. The predicted molar refractivity (Wildman–Crippen MR) is 52.6 cm³/mol. The van der Waals surface area contributed by atoms with Gasteiger partial charge >= 0.3 is 7.32 Å². The topological polar surface area (TPSA) is 82.0 Å². The highest BCUT2D eigenvalue weighted by Gasteiger charge is 2.10. The van der Waals surface area contributed by atoms with Gasteiger partial charge in [-0.3, -0.25) is 0 Å². The number of rotatable bonds is 4. The number of hydrogen-bond donors (Lipinski definition) is 4. The second-order valence-corrected chi connectivity index (χ2v) is 2.73. The van der Waals surface area contributed by atoms with Gasteiger partial charge in [-0.05, 0) is 6.07 Å². The highest BCUT2D eigenvalue weighted by molar-refractivity contribution is 6.32. The van der Waals surface area contributed by atoms with Crippen molar-refractivity contribution in [1.29, 1.82) is 0 Å².